The number of nitrogens with zero attached hydrogens (tertiary/aromatic N) is 2. The van der Waals surface area contributed by atoms with E-state index in [1.54, 1.807) is 0 Å². The Morgan fingerprint density at radius 2 is 1.91 bits per heavy atom. The maximum atomic E-state index is 15.1. The lowest BCUT2D eigenvalue weighted by atomic mass is 10.0. The predicted octanol–water partition coefficient (Wildman–Crippen LogP) is 5.99. The monoisotopic (exact) mass is 476 g/mol. The number of anilines is 1. The second kappa shape index (κ2) is 8.53. The Bertz CT molecular complexity index is 1430. The molecule has 0 atom stereocenters. The maximum Gasteiger partial charge on any atom is 0.201 e. The molecule has 2 aromatic heterocycles. The zero-order valence-electron chi connectivity index (χ0n) is 15.6. The summed E-state index contributed by atoms with van der Waals surface area (Å²) in [7, 11) is 0. The van der Waals surface area contributed by atoms with Crippen LogP contribution in [0.15, 0.2) is 47.6 Å². The van der Waals surface area contributed by atoms with Gasteiger partial charge in [0.25, 0.3) is 0 Å². The average molecular weight is 477 g/mol. The number of H-pyrrole nitrogens is 1. The van der Waals surface area contributed by atoms with Crippen molar-refractivity contribution >= 4 is 46.1 Å². The summed E-state index contributed by atoms with van der Waals surface area (Å²) >= 11 is 6.72. The quantitative estimate of drug-likeness (QED) is 0.210. The van der Waals surface area contributed by atoms with Gasteiger partial charge in [-0.2, -0.15) is 5.26 Å². The van der Waals surface area contributed by atoms with E-state index in [9.17, 15) is 18.0 Å². The summed E-state index contributed by atoms with van der Waals surface area (Å²) in [6, 6.07) is 6.42. The van der Waals surface area contributed by atoms with E-state index in [4.69, 9.17) is 16.9 Å². The Labute approximate surface area is 187 Å². The van der Waals surface area contributed by atoms with Gasteiger partial charge in [0.05, 0.1) is 32.3 Å². The van der Waals surface area contributed by atoms with Crippen LogP contribution in [0.5, 0.6) is 0 Å². The number of carbonyl (C=O) groups is 1. The number of benzene rings is 2. The summed E-state index contributed by atoms with van der Waals surface area (Å²) in [5, 5.41) is 9.08. The van der Waals surface area contributed by atoms with Crippen molar-refractivity contribution < 1.29 is 22.4 Å². The number of nitrogens with one attached hydrogen (secondary N) is 2. The Kier molecular flexibility index (Phi) is 5.78. The zero-order valence-corrected chi connectivity index (χ0v) is 17.2. The molecule has 4 rings (SSSR count). The van der Waals surface area contributed by atoms with E-state index in [2.05, 4.69) is 14.7 Å². The fourth-order valence-corrected chi connectivity index (χ4v) is 3.95. The number of fused-ring (bicyclic) bond motifs is 1. The van der Waals surface area contributed by atoms with Crippen molar-refractivity contribution in [3.63, 3.8) is 0 Å². The van der Waals surface area contributed by atoms with Crippen LogP contribution in [0.2, 0.25) is 5.02 Å². The first-order chi connectivity index (χ1) is 15.3. The molecule has 5 nitrogen and oxygen atoms in total. The molecule has 0 radical (unpaired) electrons. The number of ketones is 1. The molecular formula is C21H9ClF4N4OS. The van der Waals surface area contributed by atoms with Crippen LogP contribution < -0.4 is 4.72 Å². The van der Waals surface area contributed by atoms with E-state index in [0.717, 1.165) is 30.3 Å². The van der Waals surface area contributed by atoms with Crippen LogP contribution >= 0.6 is 23.5 Å². The zero-order chi connectivity index (χ0) is 23.0. The van der Waals surface area contributed by atoms with E-state index < -0.39 is 34.6 Å². The van der Waals surface area contributed by atoms with Crippen LogP contribution in [-0.4, -0.2) is 15.8 Å². The van der Waals surface area contributed by atoms with Crippen molar-refractivity contribution in [1.82, 2.24) is 9.97 Å². The Morgan fingerprint density at radius 1 is 1.16 bits per heavy atom. The highest BCUT2D eigenvalue weighted by Gasteiger charge is 2.26. The van der Waals surface area contributed by atoms with Crippen LogP contribution in [0.3, 0.4) is 0 Å². The number of nitriles is 1. The second-order valence-corrected chi connectivity index (χ2v) is 7.64. The minimum absolute atomic E-state index is 0.0160. The molecule has 0 fully saturated rings. The van der Waals surface area contributed by atoms with Gasteiger partial charge in [0.1, 0.15) is 29.2 Å². The second-order valence-electron chi connectivity index (χ2n) is 6.42. The van der Waals surface area contributed by atoms with Gasteiger partial charge in [-0.25, -0.2) is 22.5 Å². The van der Waals surface area contributed by atoms with Crippen LogP contribution in [-0.2, 0) is 0 Å². The molecule has 2 N–H and O–H groups in total. The highest BCUT2D eigenvalue weighted by molar-refractivity contribution is 8.00. The number of rotatable bonds is 5. The van der Waals surface area contributed by atoms with Crippen LogP contribution in [0.25, 0.3) is 11.0 Å². The van der Waals surface area contributed by atoms with Crippen LogP contribution in [0.4, 0.5) is 23.2 Å². The Balaban J connectivity index is 1.73. The van der Waals surface area contributed by atoms with Gasteiger partial charge in [-0.3, -0.25) is 4.79 Å². The molecule has 32 heavy (non-hydrogen) atoms. The van der Waals surface area contributed by atoms with Gasteiger partial charge >= 0.3 is 0 Å². The van der Waals surface area contributed by atoms with E-state index in [-0.39, 0.29) is 37.8 Å². The molecular weight excluding hydrogens is 468 g/mol. The van der Waals surface area contributed by atoms with E-state index in [1.165, 1.54) is 12.4 Å². The number of pyridine rings is 1. The molecule has 2 heterocycles. The van der Waals surface area contributed by atoms with Gasteiger partial charge < -0.3 is 9.71 Å². The Hall–Kier alpha value is -3.55. The lowest BCUT2D eigenvalue weighted by molar-refractivity contribution is 0.103. The van der Waals surface area contributed by atoms with Crippen molar-refractivity contribution in [3.05, 3.63) is 87.7 Å². The SMILES string of the molecule is N#Cc1cnc2[nH]cc(C(=O)c3c(F)ccc(NSc4cc(F)ccc4F)c3F)c2c1Cl. The molecule has 160 valence electrons. The molecule has 0 spiro atoms. The summed E-state index contributed by atoms with van der Waals surface area (Å²) in [6.07, 6.45) is 2.38. The average Bonchev–Trinajstić information content (AvgIpc) is 3.21. The minimum Gasteiger partial charge on any atom is -0.345 e. The first-order valence-electron chi connectivity index (χ1n) is 8.78. The maximum absolute atomic E-state index is 15.1. The highest BCUT2D eigenvalue weighted by Crippen LogP contribution is 2.33. The number of halogens is 5. The number of hydrogen-bond acceptors (Lipinski definition) is 5. The topological polar surface area (TPSA) is 81.6 Å². The molecule has 11 heteroatoms. The summed E-state index contributed by atoms with van der Waals surface area (Å²) in [5.41, 5.74) is -1.27. The largest absolute Gasteiger partial charge is 0.345 e. The molecule has 0 unspecified atom stereocenters. The third-order valence-corrected chi connectivity index (χ3v) is 5.73. The highest BCUT2D eigenvalue weighted by atomic mass is 35.5. The molecule has 0 saturated heterocycles. The summed E-state index contributed by atoms with van der Waals surface area (Å²) in [6.45, 7) is 0. The van der Waals surface area contributed by atoms with E-state index in [1.807, 2.05) is 6.07 Å². The minimum atomic E-state index is -1.24. The smallest absolute Gasteiger partial charge is 0.201 e. The predicted molar refractivity (Wildman–Crippen MR) is 111 cm³/mol. The fraction of sp³-hybridized carbons (Fsp3) is 0. The van der Waals surface area contributed by atoms with Crippen molar-refractivity contribution in [2.45, 2.75) is 4.90 Å². The first kappa shape index (κ1) is 21.7. The van der Waals surface area contributed by atoms with Crippen molar-refractivity contribution in [3.8, 4) is 6.07 Å². The third-order valence-electron chi connectivity index (χ3n) is 4.49. The van der Waals surface area contributed by atoms with Gasteiger partial charge in [0.15, 0.2) is 5.82 Å². The number of aromatic nitrogens is 2. The fourth-order valence-electron chi connectivity index (χ4n) is 2.95. The van der Waals surface area contributed by atoms with Gasteiger partial charge in [-0.1, -0.05) is 11.6 Å². The van der Waals surface area contributed by atoms with E-state index in [0.29, 0.717) is 11.9 Å². The molecule has 0 aliphatic rings. The molecule has 0 aliphatic carbocycles. The molecule has 4 aromatic rings. The van der Waals surface area contributed by atoms with Gasteiger partial charge in [-0.15, -0.1) is 0 Å². The molecule has 0 bridgehead atoms. The van der Waals surface area contributed by atoms with Crippen molar-refractivity contribution in [2.24, 2.45) is 0 Å². The van der Waals surface area contributed by atoms with E-state index >= 15 is 4.39 Å². The van der Waals surface area contributed by atoms with Crippen molar-refractivity contribution in [2.75, 3.05) is 4.72 Å². The van der Waals surface area contributed by atoms with Gasteiger partial charge in [-0.05, 0) is 42.3 Å². The third kappa shape index (κ3) is 3.77. The summed E-state index contributed by atoms with van der Waals surface area (Å²) in [4.78, 5) is 19.5. The lowest BCUT2D eigenvalue weighted by Crippen LogP contribution is -2.09. The number of hydrogen-bond donors (Lipinski definition) is 2. The van der Waals surface area contributed by atoms with Crippen LogP contribution in [0.1, 0.15) is 21.5 Å². The van der Waals surface area contributed by atoms with Gasteiger partial charge in [0.2, 0.25) is 5.78 Å². The summed E-state index contributed by atoms with van der Waals surface area (Å²) in [5.74, 6) is -4.88. The Morgan fingerprint density at radius 3 is 2.66 bits per heavy atom. The first-order valence-corrected chi connectivity index (χ1v) is 9.97. The number of aromatic amines is 1. The lowest BCUT2D eigenvalue weighted by Gasteiger charge is -2.11. The van der Waals surface area contributed by atoms with Gasteiger partial charge in [0, 0.05) is 17.8 Å². The van der Waals surface area contributed by atoms with Crippen molar-refractivity contribution in [1.29, 1.82) is 5.26 Å². The normalized spacial score (nSPS) is 10.9. The molecule has 0 amide bonds. The number of carbonyl (C=O) groups excluding carboxylic acids is 1. The van der Waals surface area contributed by atoms with Crippen LogP contribution in [0, 0.1) is 34.6 Å². The molecule has 0 saturated carbocycles. The standard InChI is InChI=1S/C21H9ClF4N4OS/c22-18-9(6-27)7-28-21-16(18)11(8-29-21)20(31)17-13(25)3-4-14(19(17)26)30-32-15-5-10(23)1-2-12(15)24/h1-5,7-8,30H,(H,28,29). The summed E-state index contributed by atoms with van der Waals surface area (Å²) < 4.78 is 59.2. The molecule has 0 aliphatic heterocycles. The molecule has 2 aromatic carbocycles.